The van der Waals surface area contributed by atoms with E-state index in [1.54, 1.807) is 0 Å². The van der Waals surface area contributed by atoms with E-state index >= 15 is 0 Å². The summed E-state index contributed by atoms with van der Waals surface area (Å²) in [6.45, 7) is 5.40. The molecule has 5 heteroatoms. The van der Waals surface area contributed by atoms with Crippen molar-refractivity contribution in [3.63, 3.8) is 0 Å². The summed E-state index contributed by atoms with van der Waals surface area (Å²) in [6.07, 6.45) is 0.403. The normalized spacial score (nSPS) is 17.1. The van der Waals surface area contributed by atoms with Crippen molar-refractivity contribution >= 4 is 11.8 Å². The number of rotatable bonds is 5. The zero-order valence-corrected chi connectivity index (χ0v) is 13.4. The molecule has 2 amide bonds. The van der Waals surface area contributed by atoms with Crippen molar-refractivity contribution in [3.05, 3.63) is 35.9 Å². The minimum absolute atomic E-state index is 0.00816. The zero-order chi connectivity index (χ0) is 15.9. The van der Waals surface area contributed by atoms with Crippen LogP contribution in [0.5, 0.6) is 0 Å². The van der Waals surface area contributed by atoms with Crippen LogP contribution in [-0.4, -0.2) is 61.4 Å². The van der Waals surface area contributed by atoms with Gasteiger partial charge in [0.2, 0.25) is 11.8 Å². The predicted molar refractivity (Wildman–Crippen MR) is 86.6 cm³/mol. The Kier molecular flexibility index (Phi) is 5.95. The molecule has 1 saturated heterocycles. The van der Waals surface area contributed by atoms with Crippen LogP contribution in [0.15, 0.2) is 30.3 Å². The molecule has 0 bridgehead atoms. The molecule has 0 spiro atoms. The highest BCUT2D eigenvalue weighted by atomic mass is 16.2. The van der Waals surface area contributed by atoms with Crippen LogP contribution in [0, 0.1) is 0 Å². The number of likely N-dealkylation sites (N-methyl/N-ethyl adjacent to an activating group) is 1. The van der Waals surface area contributed by atoms with Crippen LogP contribution in [0.1, 0.15) is 24.8 Å². The van der Waals surface area contributed by atoms with Gasteiger partial charge in [-0.05, 0) is 18.5 Å². The third-order valence-electron chi connectivity index (χ3n) is 4.15. The molecule has 120 valence electrons. The number of hydrogen-bond donors (Lipinski definition) is 1. The van der Waals surface area contributed by atoms with Gasteiger partial charge in [-0.3, -0.25) is 9.59 Å². The average Bonchev–Trinajstić information content (AvgIpc) is 2.54. The number of hydrogen-bond acceptors (Lipinski definition) is 3. The second-order valence-electron chi connectivity index (χ2n) is 5.98. The number of carbonyl (C=O) groups excluding carboxylic acids is 2. The fraction of sp³-hybridized carbons (Fsp3) is 0.529. The average molecular weight is 303 g/mol. The molecule has 1 unspecified atom stereocenters. The summed E-state index contributed by atoms with van der Waals surface area (Å²) < 4.78 is 0. The molecule has 22 heavy (non-hydrogen) atoms. The highest BCUT2D eigenvalue weighted by molar-refractivity contribution is 5.85. The Balaban J connectivity index is 1.72. The molecule has 2 rings (SSSR count). The van der Waals surface area contributed by atoms with Crippen LogP contribution in [0.25, 0.3) is 0 Å². The van der Waals surface area contributed by atoms with E-state index in [0.29, 0.717) is 6.42 Å². The number of carbonyl (C=O) groups is 2. The molecule has 1 aliphatic heterocycles. The standard InChI is InChI=1S/C17H25N3O2/c1-14(15-6-4-3-5-7-15)12-16(21)18-13-17(22)20-10-8-19(2)9-11-20/h3-7,14H,8-13H2,1-2H3,(H,18,21). The summed E-state index contributed by atoms with van der Waals surface area (Å²) in [7, 11) is 2.05. The smallest absolute Gasteiger partial charge is 0.242 e. The van der Waals surface area contributed by atoms with E-state index < -0.39 is 0 Å². The molecule has 1 aliphatic rings. The van der Waals surface area contributed by atoms with Gasteiger partial charge in [0.05, 0.1) is 6.54 Å². The number of nitrogens with zero attached hydrogens (tertiary/aromatic N) is 2. The molecule has 5 nitrogen and oxygen atoms in total. The van der Waals surface area contributed by atoms with Gasteiger partial charge in [-0.1, -0.05) is 37.3 Å². The minimum Gasteiger partial charge on any atom is -0.347 e. The van der Waals surface area contributed by atoms with Gasteiger partial charge in [0.1, 0.15) is 0 Å². The van der Waals surface area contributed by atoms with Crippen molar-refractivity contribution < 1.29 is 9.59 Å². The monoisotopic (exact) mass is 303 g/mol. The lowest BCUT2D eigenvalue weighted by Crippen LogP contribution is -2.50. The molecule has 1 aromatic rings. The summed E-state index contributed by atoms with van der Waals surface area (Å²) in [5.41, 5.74) is 1.14. The van der Waals surface area contributed by atoms with Crippen molar-refractivity contribution in [2.24, 2.45) is 0 Å². The molecular weight excluding hydrogens is 278 g/mol. The number of amides is 2. The van der Waals surface area contributed by atoms with Gasteiger partial charge in [0, 0.05) is 32.6 Å². The summed E-state index contributed by atoms with van der Waals surface area (Å²) >= 11 is 0. The second kappa shape index (κ2) is 7.94. The quantitative estimate of drug-likeness (QED) is 0.885. The van der Waals surface area contributed by atoms with Gasteiger partial charge in [-0.25, -0.2) is 0 Å². The lowest BCUT2D eigenvalue weighted by Gasteiger charge is -2.32. The Morgan fingerprint density at radius 1 is 1.14 bits per heavy atom. The number of benzene rings is 1. The van der Waals surface area contributed by atoms with E-state index in [2.05, 4.69) is 17.3 Å². The van der Waals surface area contributed by atoms with Gasteiger partial charge in [-0.15, -0.1) is 0 Å². The van der Waals surface area contributed by atoms with Gasteiger partial charge in [0.15, 0.2) is 0 Å². The topological polar surface area (TPSA) is 52.7 Å². The molecule has 0 aromatic heterocycles. The number of piperazine rings is 1. The fourth-order valence-corrected chi connectivity index (χ4v) is 2.59. The van der Waals surface area contributed by atoms with Crippen LogP contribution < -0.4 is 5.32 Å². The highest BCUT2D eigenvalue weighted by Crippen LogP contribution is 2.17. The van der Waals surface area contributed by atoms with Crippen LogP contribution in [-0.2, 0) is 9.59 Å². The Labute approximate surface area is 132 Å². The minimum atomic E-state index is -0.0705. The number of nitrogens with one attached hydrogen (secondary N) is 1. The van der Waals surface area contributed by atoms with Gasteiger partial charge >= 0.3 is 0 Å². The Bertz CT molecular complexity index is 496. The van der Waals surface area contributed by atoms with Crippen LogP contribution in [0.3, 0.4) is 0 Å². The lowest BCUT2D eigenvalue weighted by molar-refractivity contribution is -0.134. The van der Waals surface area contributed by atoms with Crippen molar-refractivity contribution in [1.29, 1.82) is 0 Å². The SMILES string of the molecule is CC(CC(=O)NCC(=O)N1CCN(C)CC1)c1ccccc1. The molecule has 1 atom stereocenters. The van der Waals surface area contributed by atoms with E-state index in [4.69, 9.17) is 0 Å². The molecule has 0 radical (unpaired) electrons. The first-order chi connectivity index (χ1) is 10.6. The van der Waals surface area contributed by atoms with Gasteiger partial charge in [-0.2, -0.15) is 0 Å². The molecule has 1 fully saturated rings. The van der Waals surface area contributed by atoms with E-state index in [0.717, 1.165) is 31.7 Å². The Morgan fingerprint density at radius 3 is 2.41 bits per heavy atom. The summed E-state index contributed by atoms with van der Waals surface area (Å²) in [6, 6.07) is 9.95. The first-order valence-electron chi connectivity index (χ1n) is 7.84. The van der Waals surface area contributed by atoms with Gasteiger partial charge < -0.3 is 15.1 Å². The lowest BCUT2D eigenvalue weighted by atomic mass is 9.98. The van der Waals surface area contributed by atoms with Crippen molar-refractivity contribution in [2.75, 3.05) is 39.8 Å². The van der Waals surface area contributed by atoms with Crippen LogP contribution in [0.4, 0.5) is 0 Å². The van der Waals surface area contributed by atoms with E-state index in [-0.39, 0.29) is 24.3 Å². The second-order valence-corrected chi connectivity index (χ2v) is 5.98. The van der Waals surface area contributed by atoms with E-state index in [1.165, 1.54) is 0 Å². The van der Waals surface area contributed by atoms with Gasteiger partial charge in [0.25, 0.3) is 0 Å². The molecule has 1 heterocycles. The summed E-state index contributed by atoms with van der Waals surface area (Å²) in [4.78, 5) is 28.1. The predicted octanol–water partition coefficient (Wildman–Crippen LogP) is 1.07. The van der Waals surface area contributed by atoms with Crippen molar-refractivity contribution in [1.82, 2.24) is 15.1 Å². The summed E-state index contributed by atoms with van der Waals surface area (Å²) in [5.74, 6) is 0.0904. The third-order valence-corrected chi connectivity index (χ3v) is 4.15. The maximum atomic E-state index is 12.1. The highest BCUT2D eigenvalue weighted by Gasteiger charge is 2.19. The van der Waals surface area contributed by atoms with E-state index in [1.807, 2.05) is 42.2 Å². The fourth-order valence-electron chi connectivity index (χ4n) is 2.59. The molecule has 1 N–H and O–H groups in total. The first-order valence-corrected chi connectivity index (χ1v) is 7.84. The molecular formula is C17H25N3O2. The molecule has 0 aliphatic carbocycles. The molecule has 1 aromatic carbocycles. The third kappa shape index (κ3) is 4.84. The largest absolute Gasteiger partial charge is 0.347 e. The van der Waals surface area contributed by atoms with Crippen molar-refractivity contribution in [2.45, 2.75) is 19.3 Å². The van der Waals surface area contributed by atoms with Crippen LogP contribution in [0.2, 0.25) is 0 Å². The Hall–Kier alpha value is -1.88. The zero-order valence-electron chi connectivity index (χ0n) is 13.4. The maximum Gasteiger partial charge on any atom is 0.242 e. The summed E-state index contributed by atoms with van der Waals surface area (Å²) in [5, 5.41) is 2.75. The first kappa shape index (κ1) is 16.5. The Morgan fingerprint density at radius 2 is 1.77 bits per heavy atom. The van der Waals surface area contributed by atoms with Crippen molar-refractivity contribution in [3.8, 4) is 0 Å². The molecule has 0 saturated carbocycles. The maximum absolute atomic E-state index is 12.1. The van der Waals surface area contributed by atoms with E-state index in [9.17, 15) is 9.59 Å². The van der Waals surface area contributed by atoms with Crippen LogP contribution >= 0.6 is 0 Å².